The van der Waals surface area contributed by atoms with Gasteiger partial charge in [-0.15, -0.1) is 0 Å². The number of nitrogens with one attached hydrogen (secondary N) is 1. The number of fused-ring (bicyclic) bond motifs is 1. The minimum absolute atomic E-state index is 0.00646. The van der Waals surface area contributed by atoms with Crippen molar-refractivity contribution in [3.63, 3.8) is 0 Å². The van der Waals surface area contributed by atoms with Gasteiger partial charge >= 0.3 is 0 Å². The first kappa shape index (κ1) is 22.0. The van der Waals surface area contributed by atoms with Crippen LogP contribution in [0.1, 0.15) is 18.5 Å². The fourth-order valence-electron chi connectivity index (χ4n) is 4.16. The van der Waals surface area contributed by atoms with Gasteiger partial charge in [0.05, 0.1) is 4.90 Å². The Morgan fingerprint density at radius 3 is 2.38 bits per heavy atom. The molecule has 0 radical (unpaired) electrons. The van der Waals surface area contributed by atoms with Crippen molar-refractivity contribution in [3.8, 4) is 0 Å². The molecule has 0 saturated carbocycles. The Bertz CT molecular complexity index is 1260. The molecule has 0 unspecified atom stereocenters. The minimum atomic E-state index is -3.77. The number of nitrogens with zero attached hydrogens (tertiary/aromatic N) is 2. The van der Waals surface area contributed by atoms with Crippen LogP contribution in [0.3, 0.4) is 0 Å². The molecule has 1 fully saturated rings. The van der Waals surface area contributed by atoms with Gasteiger partial charge in [-0.25, -0.2) is 13.6 Å². The third kappa shape index (κ3) is 4.68. The third-order valence-corrected chi connectivity index (χ3v) is 6.91. The van der Waals surface area contributed by atoms with E-state index in [1.165, 1.54) is 24.3 Å². The first-order chi connectivity index (χ1) is 15.2. The normalized spacial score (nSPS) is 15.1. The van der Waals surface area contributed by atoms with Crippen LogP contribution in [-0.2, 0) is 26.2 Å². The number of likely N-dealkylation sites (tertiary alicyclic amines) is 1. The summed E-state index contributed by atoms with van der Waals surface area (Å²) in [6, 6.07) is 15.8. The number of amides is 2. The number of piperidine rings is 1. The molecule has 3 aromatic rings. The van der Waals surface area contributed by atoms with Gasteiger partial charge in [0.2, 0.25) is 21.8 Å². The van der Waals surface area contributed by atoms with Gasteiger partial charge in [-0.3, -0.25) is 9.59 Å². The summed E-state index contributed by atoms with van der Waals surface area (Å²) in [6.45, 7) is 3.34. The molecule has 8 nitrogen and oxygen atoms in total. The van der Waals surface area contributed by atoms with Crippen molar-refractivity contribution in [2.24, 2.45) is 11.1 Å². The Hall–Kier alpha value is -3.17. The molecule has 1 aliphatic rings. The van der Waals surface area contributed by atoms with Gasteiger partial charge in [0.15, 0.2) is 0 Å². The number of anilines is 1. The molecule has 0 atom stereocenters. The van der Waals surface area contributed by atoms with Crippen molar-refractivity contribution in [2.45, 2.75) is 31.2 Å². The van der Waals surface area contributed by atoms with Crippen LogP contribution in [0.2, 0.25) is 0 Å². The largest absolute Gasteiger partial charge is 0.341 e. The van der Waals surface area contributed by atoms with Crippen molar-refractivity contribution < 1.29 is 18.0 Å². The number of primary sulfonamides is 1. The second kappa shape index (κ2) is 8.76. The number of para-hydroxylation sites is 1. The molecule has 9 heteroatoms. The van der Waals surface area contributed by atoms with Crippen LogP contribution < -0.4 is 10.5 Å². The maximum absolute atomic E-state index is 12.9. The molecule has 168 valence electrons. The summed E-state index contributed by atoms with van der Waals surface area (Å²) in [7, 11) is -3.77. The lowest BCUT2D eigenvalue weighted by Crippen LogP contribution is -2.42. The molecule has 1 saturated heterocycles. The Morgan fingerprint density at radius 1 is 1.06 bits per heavy atom. The van der Waals surface area contributed by atoms with Crippen molar-refractivity contribution >= 4 is 38.4 Å². The van der Waals surface area contributed by atoms with Crippen LogP contribution >= 0.6 is 0 Å². The molecule has 0 aliphatic carbocycles. The van der Waals surface area contributed by atoms with E-state index in [9.17, 15) is 18.0 Å². The van der Waals surface area contributed by atoms with E-state index in [-0.39, 0.29) is 29.2 Å². The highest BCUT2D eigenvalue weighted by Gasteiger charge is 2.27. The standard InChI is InChI=1S/C23H26N4O4S/c1-16-14-18-4-2-3-5-21(18)27(16)15-22(28)26-12-10-17(11-13-26)23(29)25-19-6-8-20(9-7-19)32(24,30)31/h2-9,14,17H,10-13,15H2,1H3,(H,25,29)(H2,24,30,31). The van der Waals surface area contributed by atoms with Gasteiger partial charge < -0.3 is 14.8 Å². The molecule has 2 heterocycles. The monoisotopic (exact) mass is 454 g/mol. The van der Waals surface area contributed by atoms with Gasteiger partial charge in [0.1, 0.15) is 6.54 Å². The predicted octanol–water partition coefficient (Wildman–Crippen LogP) is 2.47. The first-order valence-corrected chi connectivity index (χ1v) is 12.0. The van der Waals surface area contributed by atoms with Gasteiger partial charge in [-0.2, -0.15) is 0 Å². The Labute approximate surface area is 187 Å². The highest BCUT2D eigenvalue weighted by molar-refractivity contribution is 7.89. The average Bonchev–Trinajstić information content (AvgIpc) is 3.08. The Balaban J connectivity index is 1.33. The highest BCUT2D eigenvalue weighted by Crippen LogP contribution is 2.23. The minimum Gasteiger partial charge on any atom is -0.341 e. The van der Waals surface area contributed by atoms with Crippen LogP contribution in [0.25, 0.3) is 10.9 Å². The molecule has 3 N–H and O–H groups in total. The van der Waals surface area contributed by atoms with Crippen LogP contribution in [0.15, 0.2) is 59.5 Å². The lowest BCUT2D eigenvalue weighted by Gasteiger charge is -2.31. The summed E-state index contributed by atoms with van der Waals surface area (Å²) in [5, 5.41) is 9.02. The Morgan fingerprint density at radius 2 is 1.72 bits per heavy atom. The molecule has 32 heavy (non-hydrogen) atoms. The van der Waals surface area contributed by atoms with E-state index in [0.29, 0.717) is 31.6 Å². The maximum atomic E-state index is 12.9. The zero-order chi connectivity index (χ0) is 22.9. The van der Waals surface area contributed by atoms with E-state index in [4.69, 9.17) is 5.14 Å². The fraction of sp³-hybridized carbons (Fsp3) is 0.304. The number of rotatable bonds is 5. The number of hydrogen-bond donors (Lipinski definition) is 2. The molecular formula is C23H26N4O4S. The van der Waals surface area contributed by atoms with Crippen LogP contribution in [-0.4, -0.2) is 42.8 Å². The molecule has 1 aromatic heterocycles. The summed E-state index contributed by atoms with van der Waals surface area (Å²) in [6.07, 6.45) is 1.16. The van der Waals surface area contributed by atoms with Crippen molar-refractivity contribution in [1.29, 1.82) is 0 Å². The number of aromatic nitrogens is 1. The molecule has 1 aliphatic heterocycles. The summed E-state index contributed by atoms with van der Waals surface area (Å²) >= 11 is 0. The lowest BCUT2D eigenvalue weighted by molar-refractivity contribution is -0.135. The maximum Gasteiger partial charge on any atom is 0.242 e. The number of nitrogens with two attached hydrogens (primary N) is 1. The van der Waals surface area contributed by atoms with Gasteiger partial charge in [0, 0.05) is 35.9 Å². The summed E-state index contributed by atoms with van der Waals surface area (Å²) in [5.41, 5.74) is 2.60. The van der Waals surface area contributed by atoms with Crippen LogP contribution in [0.5, 0.6) is 0 Å². The molecular weight excluding hydrogens is 428 g/mol. The van der Waals surface area contributed by atoms with Gasteiger partial charge in [-0.1, -0.05) is 18.2 Å². The van der Waals surface area contributed by atoms with Gasteiger partial charge in [-0.05, 0) is 61.5 Å². The second-order valence-electron chi connectivity index (χ2n) is 8.14. The van der Waals surface area contributed by atoms with Gasteiger partial charge in [0.25, 0.3) is 0 Å². The number of carbonyl (C=O) groups excluding carboxylic acids is 2. The fourth-order valence-corrected chi connectivity index (χ4v) is 4.67. The SMILES string of the molecule is Cc1cc2ccccc2n1CC(=O)N1CCC(C(=O)Nc2ccc(S(N)(=O)=O)cc2)CC1. The smallest absolute Gasteiger partial charge is 0.242 e. The molecule has 0 bridgehead atoms. The van der Waals surface area contributed by atoms with E-state index in [0.717, 1.165) is 16.6 Å². The molecule has 2 amide bonds. The van der Waals surface area contributed by atoms with Crippen LogP contribution in [0, 0.1) is 12.8 Å². The zero-order valence-corrected chi connectivity index (χ0v) is 18.6. The summed E-state index contributed by atoms with van der Waals surface area (Å²) < 4.78 is 24.7. The number of carbonyl (C=O) groups is 2. The summed E-state index contributed by atoms with van der Waals surface area (Å²) in [5.74, 6) is -0.286. The lowest BCUT2D eigenvalue weighted by atomic mass is 9.95. The van der Waals surface area contributed by atoms with E-state index in [1.807, 2.05) is 40.7 Å². The average molecular weight is 455 g/mol. The summed E-state index contributed by atoms with van der Waals surface area (Å²) in [4.78, 5) is 27.3. The second-order valence-corrected chi connectivity index (χ2v) is 9.71. The van der Waals surface area contributed by atoms with Crippen molar-refractivity contribution in [3.05, 3.63) is 60.3 Å². The van der Waals surface area contributed by atoms with E-state index >= 15 is 0 Å². The number of benzene rings is 2. The molecule has 2 aromatic carbocycles. The quantitative estimate of drug-likeness (QED) is 0.616. The van der Waals surface area contributed by atoms with Crippen molar-refractivity contribution in [1.82, 2.24) is 9.47 Å². The van der Waals surface area contributed by atoms with Crippen LogP contribution in [0.4, 0.5) is 5.69 Å². The highest BCUT2D eigenvalue weighted by atomic mass is 32.2. The number of sulfonamides is 1. The number of hydrogen-bond acceptors (Lipinski definition) is 4. The number of aryl methyl sites for hydroxylation is 1. The molecule has 4 rings (SSSR count). The first-order valence-electron chi connectivity index (χ1n) is 10.5. The third-order valence-electron chi connectivity index (χ3n) is 5.98. The topological polar surface area (TPSA) is 114 Å². The van der Waals surface area contributed by atoms with E-state index in [1.54, 1.807) is 0 Å². The van der Waals surface area contributed by atoms with E-state index in [2.05, 4.69) is 11.4 Å². The van der Waals surface area contributed by atoms with E-state index < -0.39 is 10.0 Å². The molecule has 0 spiro atoms. The predicted molar refractivity (Wildman–Crippen MR) is 122 cm³/mol. The van der Waals surface area contributed by atoms with Crippen molar-refractivity contribution in [2.75, 3.05) is 18.4 Å². The zero-order valence-electron chi connectivity index (χ0n) is 17.8. The Kier molecular flexibility index (Phi) is 6.03.